The second-order valence-electron chi connectivity index (χ2n) is 7.34. The highest BCUT2D eigenvalue weighted by Gasteiger charge is 2.25. The molecule has 1 saturated heterocycles. The molecule has 0 aliphatic carbocycles. The lowest BCUT2D eigenvalue weighted by atomic mass is 10.2. The Morgan fingerprint density at radius 3 is 2.83 bits per heavy atom. The van der Waals surface area contributed by atoms with E-state index in [1.54, 1.807) is 18.0 Å². The van der Waals surface area contributed by atoms with Crippen molar-refractivity contribution in [1.82, 2.24) is 9.88 Å². The summed E-state index contributed by atoms with van der Waals surface area (Å²) >= 11 is 1.75. The van der Waals surface area contributed by atoms with Crippen LogP contribution < -0.4 is 5.56 Å². The minimum atomic E-state index is -3.40. The Bertz CT molecular complexity index is 1220. The number of halogens is 1. The van der Waals surface area contributed by atoms with Crippen LogP contribution in [0.25, 0.3) is 10.8 Å². The number of likely N-dealkylation sites (tertiary alicyclic amines) is 1. The molecule has 1 aliphatic heterocycles. The highest BCUT2D eigenvalue weighted by molar-refractivity contribution is 8.00. The third-order valence-corrected chi connectivity index (χ3v) is 7.53. The molecule has 5 nitrogen and oxygen atoms in total. The van der Waals surface area contributed by atoms with Gasteiger partial charge in [0.15, 0.2) is 9.84 Å². The predicted octanol–water partition coefficient (Wildman–Crippen LogP) is 3.44. The number of aromatic amines is 1. The number of thioether (sulfide) groups is 1. The average Bonchev–Trinajstić information content (AvgIpc) is 3.07. The van der Waals surface area contributed by atoms with Crippen molar-refractivity contribution in [2.45, 2.75) is 28.0 Å². The fourth-order valence-electron chi connectivity index (χ4n) is 3.75. The lowest BCUT2D eigenvalue weighted by Crippen LogP contribution is -2.22. The van der Waals surface area contributed by atoms with Gasteiger partial charge < -0.3 is 4.98 Å². The predicted molar refractivity (Wildman–Crippen MR) is 114 cm³/mol. The van der Waals surface area contributed by atoms with E-state index >= 15 is 0 Å². The fourth-order valence-corrected chi connectivity index (χ4v) is 5.90. The lowest BCUT2D eigenvalue weighted by Gasteiger charge is -2.18. The van der Waals surface area contributed by atoms with Gasteiger partial charge in [0.25, 0.3) is 5.56 Å². The third kappa shape index (κ3) is 4.55. The van der Waals surface area contributed by atoms with Crippen molar-refractivity contribution in [3.05, 3.63) is 70.4 Å². The summed E-state index contributed by atoms with van der Waals surface area (Å²) in [6, 6.07) is 11.6. The number of rotatable bonds is 5. The summed E-state index contributed by atoms with van der Waals surface area (Å²) in [5, 5.41) is 1.93. The van der Waals surface area contributed by atoms with Gasteiger partial charge in [-0.15, -0.1) is 11.8 Å². The van der Waals surface area contributed by atoms with Gasteiger partial charge in [-0.3, -0.25) is 9.69 Å². The minimum absolute atomic E-state index is 0.0946. The van der Waals surface area contributed by atoms with Gasteiger partial charge in [0, 0.05) is 41.1 Å². The number of fused-ring (bicyclic) bond motifs is 1. The molecule has 1 fully saturated rings. The number of sulfone groups is 1. The van der Waals surface area contributed by atoms with E-state index < -0.39 is 15.7 Å². The largest absolute Gasteiger partial charge is 0.329 e. The molecule has 1 aromatic heterocycles. The maximum Gasteiger partial charge on any atom is 0.255 e. The quantitative estimate of drug-likeness (QED) is 0.626. The van der Waals surface area contributed by atoms with Crippen molar-refractivity contribution in [2.24, 2.45) is 0 Å². The zero-order chi connectivity index (χ0) is 20.6. The lowest BCUT2D eigenvalue weighted by molar-refractivity contribution is 0.329. The molecule has 8 heteroatoms. The smallest absolute Gasteiger partial charge is 0.255 e. The van der Waals surface area contributed by atoms with E-state index in [4.69, 9.17) is 0 Å². The molecule has 0 unspecified atom stereocenters. The highest BCUT2D eigenvalue weighted by atomic mass is 32.2. The van der Waals surface area contributed by atoms with Crippen LogP contribution in [0.5, 0.6) is 0 Å². The first-order valence-electron chi connectivity index (χ1n) is 9.28. The Hall–Kier alpha value is -2.16. The zero-order valence-corrected chi connectivity index (χ0v) is 17.5. The van der Waals surface area contributed by atoms with Crippen molar-refractivity contribution in [1.29, 1.82) is 0 Å². The van der Waals surface area contributed by atoms with Gasteiger partial charge in [-0.25, -0.2) is 12.8 Å². The maximum absolute atomic E-state index is 13.7. The summed E-state index contributed by atoms with van der Waals surface area (Å²) in [7, 11) is -3.40. The van der Waals surface area contributed by atoms with E-state index in [1.807, 2.05) is 24.3 Å². The second-order valence-corrected chi connectivity index (χ2v) is 10.7. The molecular formula is C21H21FN2O3S2. The van der Waals surface area contributed by atoms with Crippen LogP contribution in [0.4, 0.5) is 4.39 Å². The summed E-state index contributed by atoms with van der Waals surface area (Å²) in [6.45, 7) is 2.02. The molecule has 0 amide bonds. The number of nitrogens with one attached hydrogen (secondary N) is 1. The number of hydrogen-bond donors (Lipinski definition) is 1. The summed E-state index contributed by atoms with van der Waals surface area (Å²) in [5.41, 5.74) is 0.408. The molecule has 0 spiro atoms. The molecule has 152 valence electrons. The van der Waals surface area contributed by atoms with Crippen molar-refractivity contribution >= 4 is 32.4 Å². The molecule has 0 bridgehead atoms. The van der Waals surface area contributed by atoms with E-state index in [1.165, 1.54) is 18.2 Å². The molecule has 29 heavy (non-hydrogen) atoms. The van der Waals surface area contributed by atoms with E-state index in [-0.39, 0.29) is 10.5 Å². The van der Waals surface area contributed by atoms with Crippen LogP contribution in [0.1, 0.15) is 12.0 Å². The van der Waals surface area contributed by atoms with E-state index in [0.717, 1.165) is 36.0 Å². The van der Waals surface area contributed by atoms with Gasteiger partial charge in [0.1, 0.15) is 5.82 Å². The molecule has 1 aliphatic rings. The minimum Gasteiger partial charge on any atom is -0.329 e. The Labute approximate surface area is 172 Å². The van der Waals surface area contributed by atoms with Crippen LogP contribution in [0.2, 0.25) is 0 Å². The topological polar surface area (TPSA) is 70.2 Å². The Kier molecular flexibility index (Phi) is 5.50. The number of benzene rings is 2. The monoisotopic (exact) mass is 432 g/mol. The number of nitrogens with zero attached hydrogens (tertiary/aromatic N) is 1. The van der Waals surface area contributed by atoms with Crippen LogP contribution in [-0.4, -0.2) is 42.9 Å². The van der Waals surface area contributed by atoms with Gasteiger partial charge in [0.05, 0.1) is 4.90 Å². The molecular weight excluding hydrogens is 411 g/mol. The maximum atomic E-state index is 13.7. The normalized spacial score (nSPS) is 17.8. The van der Waals surface area contributed by atoms with Crippen LogP contribution in [-0.2, 0) is 16.4 Å². The molecule has 2 aromatic carbocycles. The first kappa shape index (κ1) is 20.1. The second kappa shape index (κ2) is 7.93. The summed E-state index contributed by atoms with van der Waals surface area (Å²) in [6.07, 6.45) is 3.76. The van der Waals surface area contributed by atoms with Crippen LogP contribution in [0, 0.1) is 5.82 Å². The number of hydrogen-bond acceptors (Lipinski definition) is 5. The van der Waals surface area contributed by atoms with Gasteiger partial charge in [0.2, 0.25) is 0 Å². The Morgan fingerprint density at radius 1 is 1.21 bits per heavy atom. The summed E-state index contributed by atoms with van der Waals surface area (Å²) in [4.78, 5) is 18.0. The zero-order valence-electron chi connectivity index (χ0n) is 15.9. The molecule has 0 radical (unpaired) electrons. The average molecular weight is 433 g/mol. The van der Waals surface area contributed by atoms with Gasteiger partial charge in [-0.2, -0.15) is 0 Å². The molecule has 2 heterocycles. The molecule has 0 saturated carbocycles. The van der Waals surface area contributed by atoms with Crippen molar-refractivity contribution in [3.63, 3.8) is 0 Å². The molecule has 1 N–H and O–H groups in total. The molecule has 3 aromatic rings. The summed E-state index contributed by atoms with van der Waals surface area (Å²) < 4.78 is 37.7. The van der Waals surface area contributed by atoms with Crippen molar-refractivity contribution in [2.75, 3.05) is 19.3 Å². The number of pyridine rings is 1. The Morgan fingerprint density at radius 2 is 2.03 bits per heavy atom. The first-order chi connectivity index (χ1) is 13.8. The van der Waals surface area contributed by atoms with Gasteiger partial charge >= 0.3 is 0 Å². The summed E-state index contributed by atoms with van der Waals surface area (Å²) in [5.74, 6) is -0.427. The van der Waals surface area contributed by atoms with E-state index in [9.17, 15) is 17.6 Å². The van der Waals surface area contributed by atoms with E-state index in [0.29, 0.717) is 22.7 Å². The molecule has 1 atom stereocenters. The third-order valence-electron chi connectivity index (χ3n) is 5.09. The molecule has 4 rings (SSSR count). The first-order valence-corrected chi connectivity index (χ1v) is 12.1. The van der Waals surface area contributed by atoms with Gasteiger partial charge in [-0.05, 0) is 66.4 Å². The highest BCUT2D eigenvalue weighted by Crippen LogP contribution is 2.32. The van der Waals surface area contributed by atoms with Crippen LogP contribution in [0.15, 0.2) is 63.2 Å². The standard InChI is InChI=1S/C21H21FN2O3S2/c1-29(26,27)20-5-2-16(22)10-15(20)12-24-9-7-18(13-24)28-17-3-4-19-14(11-17)6-8-23-21(19)25/h2-6,8,10-11,18H,7,9,12-13H2,1H3,(H,23,25)/t18-/m0/s1. The fraction of sp³-hybridized carbons (Fsp3) is 0.286. The van der Waals surface area contributed by atoms with Crippen molar-refractivity contribution in [3.8, 4) is 0 Å². The van der Waals surface area contributed by atoms with Crippen LogP contribution >= 0.6 is 11.8 Å². The SMILES string of the molecule is CS(=O)(=O)c1ccc(F)cc1CN1CC[C@H](Sc2ccc3c(=O)[nH]ccc3c2)C1. The van der Waals surface area contributed by atoms with Crippen molar-refractivity contribution < 1.29 is 12.8 Å². The Balaban J connectivity index is 1.47. The van der Waals surface area contributed by atoms with Crippen LogP contribution in [0.3, 0.4) is 0 Å². The van der Waals surface area contributed by atoms with E-state index in [2.05, 4.69) is 9.88 Å². The number of H-pyrrole nitrogens is 1. The van der Waals surface area contributed by atoms with Gasteiger partial charge in [-0.1, -0.05) is 0 Å². The number of aromatic nitrogens is 1.